The maximum absolute atomic E-state index is 12.1. The van der Waals surface area contributed by atoms with Gasteiger partial charge in [0.1, 0.15) is 12.3 Å². The van der Waals surface area contributed by atoms with E-state index >= 15 is 0 Å². The average molecular weight is 456 g/mol. The summed E-state index contributed by atoms with van der Waals surface area (Å²) in [6.45, 7) is 4.23. The molecule has 162 valence electrons. The maximum Gasteiger partial charge on any atom is 0.338 e. The Labute approximate surface area is 176 Å². The summed E-state index contributed by atoms with van der Waals surface area (Å²) < 4.78 is 35.1. The number of thiazole rings is 1. The second-order valence-electron chi connectivity index (χ2n) is 5.93. The van der Waals surface area contributed by atoms with Crippen LogP contribution in [-0.4, -0.2) is 54.9 Å². The molecule has 2 aromatic rings. The highest BCUT2D eigenvalue weighted by molar-refractivity contribution is 8.06. The topological polar surface area (TPSA) is 138 Å². The Kier molecular flexibility index (Phi) is 7.62. The second-order valence-corrected chi connectivity index (χ2v) is 9.04. The second kappa shape index (κ2) is 9.76. The predicted octanol–water partition coefficient (Wildman–Crippen LogP) is 0.831. The van der Waals surface area contributed by atoms with Crippen LogP contribution in [0.15, 0.2) is 23.2 Å². The Balaban J connectivity index is 2.57. The first-order valence-electron chi connectivity index (χ1n) is 8.86. The van der Waals surface area contributed by atoms with Gasteiger partial charge in [0.05, 0.1) is 29.0 Å². The average Bonchev–Trinajstić information content (AvgIpc) is 2.97. The molecule has 12 heteroatoms. The molecule has 0 aliphatic rings. The molecule has 0 atom stereocenters. The van der Waals surface area contributed by atoms with Crippen LogP contribution < -0.4 is 4.80 Å². The van der Waals surface area contributed by atoms with Gasteiger partial charge in [-0.05, 0) is 32.0 Å². The molecule has 0 fully saturated rings. The summed E-state index contributed by atoms with van der Waals surface area (Å²) in [5.41, 5.74) is 0.757. The van der Waals surface area contributed by atoms with Crippen molar-refractivity contribution in [2.45, 2.75) is 27.3 Å². The number of aromatic nitrogens is 1. The van der Waals surface area contributed by atoms with E-state index in [0.29, 0.717) is 10.2 Å². The van der Waals surface area contributed by atoms with Crippen molar-refractivity contribution in [2.24, 2.45) is 4.99 Å². The van der Waals surface area contributed by atoms with E-state index in [9.17, 15) is 27.6 Å². The summed E-state index contributed by atoms with van der Waals surface area (Å²) in [6, 6.07) is 4.59. The van der Waals surface area contributed by atoms with E-state index < -0.39 is 38.6 Å². The molecule has 1 heterocycles. The first-order chi connectivity index (χ1) is 14.1. The predicted molar refractivity (Wildman–Crippen MR) is 107 cm³/mol. The van der Waals surface area contributed by atoms with Crippen molar-refractivity contribution < 1.29 is 37.1 Å². The summed E-state index contributed by atoms with van der Waals surface area (Å²) in [7, 11) is -4.26. The third-order valence-electron chi connectivity index (χ3n) is 3.76. The van der Waals surface area contributed by atoms with Crippen LogP contribution in [0.4, 0.5) is 0 Å². The fraction of sp³-hybridized carbons (Fsp3) is 0.389. The Hall–Kier alpha value is -2.86. The standard InChI is InChI=1S/C18H20N2O8S2/c1-4-27-16(23)9-20-13-7-6-12(17(24)28-5-2)8-14(13)29-18(20)19-15(22)10-30(25,26)11(3)21/h6-8H,4-5,9-10H2,1-3H3. The molecule has 1 aromatic carbocycles. The number of benzene rings is 1. The van der Waals surface area contributed by atoms with Crippen molar-refractivity contribution >= 4 is 54.4 Å². The van der Waals surface area contributed by atoms with E-state index in [1.807, 2.05) is 0 Å². The number of sulfone groups is 1. The minimum absolute atomic E-state index is 0.0304. The Morgan fingerprint density at radius 1 is 1.10 bits per heavy atom. The number of hydrogen-bond donors (Lipinski definition) is 0. The van der Waals surface area contributed by atoms with Gasteiger partial charge in [-0.15, -0.1) is 0 Å². The molecule has 2 rings (SSSR count). The quantitative estimate of drug-likeness (QED) is 0.559. The van der Waals surface area contributed by atoms with Crippen LogP contribution in [0, 0.1) is 0 Å². The smallest absolute Gasteiger partial charge is 0.338 e. The number of amides is 1. The molecule has 0 saturated carbocycles. The van der Waals surface area contributed by atoms with E-state index in [2.05, 4.69) is 4.99 Å². The molecule has 0 N–H and O–H groups in total. The van der Waals surface area contributed by atoms with Gasteiger partial charge in [-0.3, -0.25) is 14.4 Å². The van der Waals surface area contributed by atoms with Crippen molar-refractivity contribution in [3.8, 4) is 0 Å². The Bertz CT molecular complexity index is 1170. The lowest BCUT2D eigenvalue weighted by molar-refractivity contribution is -0.143. The maximum atomic E-state index is 12.1. The van der Waals surface area contributed by atoms with E-state index in [0.717, 1.165) is 18.3 Å². The fourth-order valence-electron chi connectivity index (χ4n) is 2.39. The van der Waals surface area contributed by atoms with Gasteiger partial charge in [-0.25, -0.2) is 13.2 Å². The monoisotopic (exact) mass is 456 g/mol. The lowest BCUT2D eigenvalue weighted by atomic mass is 10.2. The molecule has 0 saturated heterocycles. The third-order valence-corrected chi connectivity index (χ3v) is 6.30. The number of carbonyl (C=O) groups excluding carboxylic acids is 4. The number of nitrogens with zero attached hydrogens (tertiary/aromatic N) is 2. The Morgan fingerprint density at radius 3 is 2.37 bits per heavy atom. The van der Waals surface area contributed by atoms with Gasteiger partial charge in [0.15, 0.2) is 4.80 Å². The number of fused-ring (bicyclic) bond motifs is 1. The van der Waals surface area contributed by atoms with E-state index in [1.54, 1.807) is 19.9 Å². The van der Waals surface area contributed by atoms with Gasteiger partial charge in [-0.2, -0.15) is 4.99 Å². The minimum atomic E-state index is -4.26. The lowest BCUT2D eigenvalue weighted by Gasteiger charge is -2.06. The summed E-state index contributed by atoms with van der Waals surface area (Å²) in [5, 5.41) is -1.14. The highest BCUT2D eigenvalue weighted by Crippen LogP contribution is 2.20. The molecule has 0 bridgehead atoms. The molecule has 0 aliphatic carbocycles. The van der Waals surface area contributed by atoms with Crippen LogP contribution in [0.2, 0.25) is 0 Å². The van der Waals surface area contributed by atoms with Crippen LogP contribution in [0.25, 0.3) is 10.2 Å². The summed E-state index contributed by atoms with van der Waals surface area (Å²) >= 11 is 0.977. The van der Waals surface area contributed by atoms with Crippen LogP contribution in [0.5, 0.6) is 0 Å². The zero-order chi connectivity index (χ0) is 22.5. The SMILES string of the molecule is CCOC(=O)Cn1c(=NC(=O)CS(=O)(=O)C(C)=O)sc2cc(C(=O)OCC)ccc21. The van der Waals surface area contributed by atoms with Gasteiger partial charge < -0.3 is 14.0 Å². The van der Waals surface area contributed by atoms with Crippen molar-refractivity contribution in [3.63, 3.8) is 0 Å². The van der Waals surface area contributed by atoms with Gasteiger partial charge in [0.2, 0.25) is 15.0 Å². The highest BCUT2D eigenvalue weighted by Gasteiger charge is 2.22. The largest absolute Gasteiger partial charge is 0.465 e. The fourth-order valence-corrected chi connectivity index (χ4v) is 4.07. The number of rotatable bonds is 7. The van der Waals surface area contributed by atoms with Gasteiger partial charge in [0, 0.05) is 6.92 Å². The first-order valence-corrected chi connectivity index (χ1v) is 11.3. The molecule has 0 unspecified atom stereocenters. The molecular formula is C18H20N2O8S2. The summed E-state index contributed by atoms with van der Waals surface area (Å²) in [4.78, 5) is 51.0. The van der Waals surface area contributed by atoms with Gasteiger partial charge in [0.25, 0.3) is 5.91 Å². The van der Waals surface area contributed by atoms with E-state index in [1.165, 1.54) is 16.7 Å². The lowest BCUT2D eigenvalue weighted by Crippen LogP contribution is -2.26. The number of ether oxygens (including phenoxy) is 2. The van der Waals surface area contributed by atoms with E-state index in [4.69, 9.17) is 9.47 Å². The van der Waals surface area contributed by atoms with Crippen molar-refractivity contribution in [2.75, 3.05) is 19.0 Å². The summed E-state index contributed by atoms with van der Waals surface area (Å²) in [5.74, 6) is -3.26. The normalized spacial score (nSPS) is 12.0. The number of esters is 2. The number of hydrogen-bond acceptors (Lipinski definition) is 9. The van der Waals surface area contributed by atoms with Crippen molar-refractivity contribution in [1.82, 2.24) is 4.57 Å². The van der Waals surface area contributed by atoms with Crippen LogP contribution >= 0.6 is 11.3 Å². The molecule has 0 spiro atoms. The summed E-state index contributed by atoms with van der Waals surface area (Å²) in [6.07, 6.45) is 0. The van der Waals surface area contributed by atoms with Crippen molar-refractivity contribution in [1.29, 1.82) is 0 Å². The molecule has 1 aromatic heterocycles. The molecule has 0 aliphatic heterocycles. The van der Waals surface area contributed by atoms with Crippen LogP contribution in [0.3, 0.4) is 0 Å². The minimum Gasteiger partial charge on any atom is -0.465 e. The molecule has 30 heavy (non-hydrogen) atoms. The first kappa shape index (κ1) is 23.4. The number of carbonyl (C=O) groups is 4. The molecular weight excluding hydrogens is 436 g/mol. The molecule has 1 amide bonds. The van der Waals surface area contributed by atoms with E-state index in [-0.39, 0.29) is 30.1 Å². The van der Waals surface area contributed by atoms with Crippen LogP contribution in [-0.2, 0) is 40.2 Å². The van der Waals surface area contributed by atoms with Crippen LogP contribution in [0.1, 0.15) is 31.1 Å². The van der Waals surface area contributed by atoms with Gasteiger partial charge in [-0.1, -0.05) is 11.3 Å². The molecule has 10 nitrogen and oxygen atoms in total. The molecule has 0 radical (unpaired) electrons. The van der Waals surface area contributed by atoms with Gasteiger partial charge >= 0.3 is 11.9 Å². The zero-order valence-electron chi connectivity index (χ0n) is 16.5. The zero-order valence-corrected chi connectivity index (χ0v) is 18.2. The highest BCUT2D eigenvalue weighted by atomic mass is 32.2. The third kappa shape index (κ3) is 5.60. The Morgan fingerprint density at radius 2 is 1.77 bits per heavy atom. The van der Waals surface area contributed by atoms with Crippen molar-refractivity contribution in [3.05, 3.63) is 28.6 Å².